The second-order valence-electron chi connectivity index (χ2n) is 4.99. The number of benzene rings is 1. The molecule has 0 aliphatic carbocycles. The van der Waals surface area contributed by atoms with Crippen molar-refractivity contribution in [1.82, 2.24) is 15.6 Å². The Balaban J connectivity index is 2.00. The predicted molar refractivity (Wildman–Crippen MR) is 85.8 cm³/mol. The monoisotopic (exact) mass is 313 g/mol. The highest BCUT2D eigenvalue weighted by Gasteiger charge is 2.12. The molecule has 1 unspecified atom stereocenters. The molecule has 0 aliphatic heterocycles. The number of amides is 2. The summed E-state index contributed by atoms with van der Waals surface area (Å²) in [7, 11) is 1.29. The number of nitrogens with zero attached hydrogens (tertiary/aromatic N) is 1. The van der Waals surface area contributed by atoms with Crippen LogP contribution in [-0.4, -0.2) is 24.1 Å². The summed E-state index contributed by atoms with van der Waals surface area (Å²) in [5.41, 5.74) is 2.10. The lowest BCUT2D eigenvalue weighted by Crippen LogP contribution is -2.27. The highest BCUT2D eigenvalue weighted by atomic mass is 16.5. The van der Waals surface area contributed by atoms with Crippen LogP contribution in [-0.2, 0) is 11.3 Å². The van der Waals surface area contributed by atoms with Gasteiger partial charge >= 0.3 is 6.09 Å². The molecule has 0 saturated carbocycles. The fraction of sp³-hybridized carbons (Fsp3) is 0.235. The summed E-state index contributed by atoms with van der Waals surface area (Å²) in [6.07, 6.45) is 0.996. The molecule has 6 nitrogen and oxygen atoms in total. The van der Waals surface area contributed by atoms with Gasteiger partial charge in [-0.15, -0.1) is 0 Å². The number of carbonyl (C=O) groups excluding carboxylic acids is 2. The average Bonchev–Trinajstić information content (AvgIpc) is 2.60. The van der Waals surface area contributed by atoms with Gasteiger partial charge in [-0.3, -0.25) is 9.78 Å². The maximum absolute atomic E-state index is 12.3. The standard InChI is InChI=1S/C17H19N3O3/c1-12(13-6-4-3-5-7-13)20-16(21)14-8-9-18-15(10-14)11-19-17(22)23-2/h3-10,12H,11H2,1-2H3,(H,19,22)(H,20,21). The maximum Gasteiger partial charge on any atom is 0.407 e. The van der Waals surface area contributed by atoms with Crippen molar-refractivity contribution in [2.24, 2.45) is 0 Å². The predicted octanol–water partition coefficient (Wildman–Crippen LogP) is 2.43. The van der Waals surface area contributed by atoms with Crippen LogP contribution in [0, 0.1) is 0 Å². The van der Waals surface area contributed by atoms with E-state index in [0.29, 0.717) is 11.3 Å². The normalized spacial score (nSPS) is 11.4. The molecule has 6 heteroatoms. The lowest BCUT2D eigenvalue weighted by Gasteiger charge is -2.14. The van der Waals surface area contributed by atoms with E-state index in [1.807, 2.05) is 37.3 Å². The molecule has 1 aromatic heterocycles. The minimum atomic E-state index is -0.542. The molecule has 0 radical (unpaired) electrons. The van der Waals surface area contributed by atoms with Gasteiger partial charge in [-0.25, -0.2) is 4.79 Å². The van der Waals surface area contributed by atoms with Crippen LogP contribution < -0.4 is 10.6 Å². The fourth-order valence-corrected chi connectivity index (χ4v) is 2.06. The quantitative estimate of drug-likeness (QED) is 0.888. The van der Waals surface area contributed by atoms with E-state index in [1.165, 1.54) is 13.3 Å². The zero-order valence-electron chi connectivity index (χ0n) is 13.1. The van der Waals surface area contributed by atoms with Crippen molar-refractivity contribution < 1.29 is 14.3 Å². The van der Waals surface area contributed by atoms with Crippen LogP contribution in [0.25, 0.3) is 0 Å². The zero-order chi connectivity index (χ0) is 16.7. The Morgan fingerprint density at radius 3 is 2.65 bits per heavy atom. The molecule has 120 valence electrons. The smallest absolute Gasteiger partial charge is 0.407 e. The van der Waals surface area contributed by atoms with E-state index in [4.69, 9.17) is 0 Å². The number of ether oxygens (including phenoxy) is 1. The van der Waals surface area contributed by atoms with Crippen LogP contribution in [0.5, 0.6) is 0 Å². The SMILES string of the molecule is COC(=O)NCc1cc(C(=O)NC(C)c2ccccc2)ccn1. The molecule has 0 spiro atoms. The maximum atomic E-state index is 12.3. The lowest BCUT2D eigenvalue weighted by molar-refractivity contribution is 0.0939. The van der Waals surface area contributed by atoms with E-state index in [1.54, 1.807) is 12.1 Å². The van der Waals surface area contributed by atoms with Gasteiger partial charge in [0.2, 0.25) is 0 Å². The van der Waals surface area contributed by atoms with E-state index in [-0.39, 0.29) is 18.5 Å². The van der Waals surface area contributed by atoms with Gasteiger partial charge in [-0.2, -0.15) is 0 Å². The van der Waals surface area contributed by atoms with Crippen molar-refractivity contribution in [3.8, 4) is 0 Å². The Morgan fingerprint density at radius 1 is 1.22 bits per heavy atom. The summed E-state index contributed by atoms with van der Waals surface area (Å²) in [5.74, 6) is -0.192. The number of aromatic nitrogens is 1. The van der Waals surface area contributed by atoms with Crippen LogP contribution in [0.2, 0.25) is 0 Å². The number of carbonyl (C=O) groups is 2. The average molecular weight is 313 g/mol. The molecule has 2 amide bonds. The highest BCUT2D eigenvalue weighted by Crippen LogP contribution is 2.12. The molecule has 0 saturated heterocycles. The summed E-state index contributed by atoms with van der Waals surface area (Å²) in [6.45, 7) is 2.12. The van der Waals surface area contributed by atoms with Crippen LogP contribution in [0.4, 0.5) is 4.79 Å². The number of hydrogen-bond acceptors (Lipinski definition) is 4. The van der Waals surface area contributed by atoms with Crippen molar-refractivity contribution in [3.05, 3.63) is 65.5 Å². The van der Waals surface area contributed by atoms with Gasteiger partial charge in [0.1, 0.15) is 0 Å². The summed E-state index contributed by atoms with van der Waals surface area (Å²) in [6, 6.07) is 12.9. The molecular weight excluding hydrogens is 294 g/mol. The minimum absolute atomic E-state index is 0.103. The van der Waals surface area contributed by atoms with Gasteiger partial charge < -0.3 is 15.4 Å². The number of methoxy groups -OCH3 is 1. The Kier molecular flexibility index (Phi) is 5.68. The summed E-state index contributed by atoms with van der Waals surface area (Å²) >= 11 is 0. The number of alkyl carbamates (subject to hydrolysis) is 1. The number of rotatable bonds is 5. The Labute approximate surface area is 134 Å². The molecule has 1 atom stereocenters. The molecule has 23 heavy (non-hydrogen) atoms. The van der Waals surface area contributed by atoms with Crippen molar-refractivity contribution in [3.63, 3.8) is 0 Å². The summed E-state index contributed by atoms with van der Waals surface area (Å²) in [5, 5.41) is 5.46. The molecule has 2 aromatic rings. The molecule has 1 heterocycles. The van der Waals surface area contributed by atoms with Crippen LogP contribution in [0.3, 0.4) is 0 Å². The Hall–Kier alpha value is -2.89. The topological polar surface area (TPSA) is 80.3 Å². The molecule has 2 rings (SSSR count). The first-order valence-electron chi connectivity index (χ1n) is 7.22. The molecular formula is C17H19N3O3. The first-order valence-corrected chi connectivity index (χ1v) is 7.22. The van der Waals surface area contributed by atoms with Gasteiger partial charge in [0, 0.05) is 11.8 Å². The van der Waals surface area contributed by atoms with Crippen molar-refractivity contribution in [1.29, 1.82) is 0 Å². The van der Waals surface area contributed by atoms with Crippen molar-refractivity contribution in [2.45, 2.75) is 19.5 Å². The van der Waals surface area contributed by atoms with Gasteiger partial charge in [0.05, 0.1) is 25.4 Å². The summed E-state index contributed by atoms with van der Waals surface area (Å²) < 4.78 is 4.49. The molecule has 0 bridgehead atoms. The third-order valence-corrected chi connectivity index (χ3v) is 3.33. The number of pyridine rings is 1. The number of nitrogens with one attached hydrogen (secondary N) is 2. The zero-order valence-corrected chi connectivity index (χ0v) is 13.1. The van der Waals surface area contributed by atoms with Crippen molar-refractivity contribution >= 4 is 12.0 Å². The Bertz CT molecular complexity index is 674. The van der Waals surface area contributed by atoms with Crippen molar-refractivity contribution in [2.75, 3.05) is 7.11 Å². The third kappa shape index (κ3) is 4.81. The van der Waals surface area contributed by atoms with Crippen LogP contribution in [0.15, 0.2) is 48.7 Å². The van der Waals surface area contributed by atoms with E-state index < -0.39 is 6.09 Å². The fourth-order valence-electron chi connectivity index (χ4n) is 2.06. The number of hydrogen-bond donors (Lipinski definition) is 2. The second-order valence-corrected chi connectivity index (χ2v) is 4.99. The van der Waals surface area contributed by atoms with E-state index in [9.17, 15) is 9.59 Å². The van der Waals surface area contributed by atoms with Gasteiger partial charge in [-0.05, 0) is 24.6 Å². The third-order valence-electron chi connectivity index (χ3n) is 3.33. The minimum Gasteiger partial charge on any atom is -0.453 e. The van der Waals surface area contributed by atoms with E-state index >= 15 is 0 Å². The summed E-state index contributed by atoms with van der Waals surface area (Å²) in [4.78, 5) is 27.5. The molecule has 0 fully saturated rings. The lowest BCUT2D eigenvalue weighted by atomic mass is 10.1. The first kappa shape index (κ1) is 16.5. The Morgan fingerprint density at radius 2 is 1.96 bits per heavy atom. The van der Waals surface area contributed by atoms with Gasteiger partial charge in [0.25, 0.3) is 5.91 Å². The molecule has 0 aliphatic rings. The van der Waals surface area contributed by atoms with Gasteiger partial charge in [0.15, 0.2) is 0 Å². The highest BCUT2D eigenvalue weighted by molar-refractivity contribution is 5.94. The molecule has 2 N–H and O–H groups in total. The van der Waals surface area contributed by atoms with E-state index in [0.717, 1.165) is 5.56 Å². The molecule has 1 aromatic carbocycles. The second kappa shape index (κ2) is 7.93. The van der Waals surface area contributed by atoms with Gasteiger partial charge in [-0.1, -0.05) is 30.3 Å². The first-order chi connectivity index (χ1) is 11.1. The van der Waals surface area contributed by atoms with Crippen LogP contribution >= 0.6 is 0 Å². The largest absolute Gasteiger partial charge is 0.453 e. The van der Waals surface area contributed by atoms with E-state index in [2.05, 4.69) is 20.4 Å². The van der Waals surface area contributed by atoms with Crippen LogP contribution in [0.1, 0.15) is 34.6 Å².